The molecule has 30 heavy (non-hydrogen) atoms. The van der Waals surface area contributed by atoms with Gasteiger partial charge < -0.3 is 15.1 Å². The van der Waals surface area contributed by atoms with Crippen molar-refractivity contribution in [1.82, 2.24) is 15.1 Å². The van der Waals surface area contributed by atoms with E-state index in [2.05, 4.69) is 16.8 Å². The lowest BCUT2D eigenvalue weighted by atomic mass is 9.93. The molecule has 1 atom stereocenters. The monoisotopic (exact) mass is 445 g/mol. The zero-order chi connectivity index (χ0) is 21.5. The molecule has 2 heterocycles. The van der Waals surface area contributed by atoms with Gasteiger partial charge in [0.1, 0.15) is 6.54 Å². The minimum absolute atomic E-state index is 0.0113. The number of halogens is 1. The van der Waals surface area contributed by atoms with Gasteiger partial charge in [0.05, 0.1) is 6.04 Å². The van der Waals surface area contributed by atoms with Crippen LogP contribution < -0.4 is 5.32 Å². The van der Waals surface area contributed by atoms with Gasteiger partial charge in [0.15, 0.2) is 0 Å². The van der Waals surface area contributed by atoms with E-state index in [0.717, 1.165) is 24.8 Å². The Kier molecular flexibility index (Phi) is 5.82. The molecule has 1 aliphatic heterocycles. The maximum atomic E-state index is 13.5. The van der Waals surface area contributed by atoms with Gasteiger partial charge in [-0.25, -0.2) is 4.79 Å². The van der Waals surface area contributed by atoms with Crippen LogP contribution in [0.4, 0.5) is 4.79 Å². The predicted octanol–water partition coefficient (Wildman–Crippen LogP) is 4.85. The number of hydrogen-bond acceptors (Lipinski definition) is 3. The summed E-state index contributed by atoms with van der Waals surface area (Å²) in [7, 11) is 0. The van der Waals surface area contributed by atoms with Gasteiger partial charge in [0, 0.05) is 28.0 Å². The van der Waals surface area contributed by atoms with Crippen molar-refractivity contribution in [3.63, 3.8) is 0 Å². The molecule has 1 saturated carbocycles. The Bertz CT molecular complexity index is 931. The normalized spacial score (nSPS) is 18.7. The van der Waals surface area contributed by atoms with Gasteiger partial charge in [-0.1, -0.05) is 23.7 Å². The highest BCUT2D eigenvalue weighted by atomic mass is 35.5. The van der Waals surface area contributed by atoms with Crippen molar-refractivity contribution in [2.24, 2.45) is 0 Å². The molecule has 1 unspecified atom stereocenters. The fourth-order valence-electron chi connectivity index (χ4n) is 3.97. The van der Waals surface area contributed by atoms with Crippen LogP contribution in [-0.4, -0.2) is 46.4 Å². The summed E-state index contributed by atoms with van der Waals surface area (Å²) in [6, 6.07) is 9.69. The van der Waals surface area contributed by atoms with Crippen LogP contribution in [0.2, 0.25) is 5.02 Å². The number of rotatable bonds is 4. The second kappa shape index (κ2) is 8.23. The second-order valence-corrected chi connectivity index (χ2v) is 10.6. The molecule has 160 valence electrons. The van der Waals surface area contributed by atoms with Crippen molar-refractivity contribution < 1.29 is 9.59 Å². The highest BCUT2D eigenvalue weighted by molar-refractivity contribution is 7.10. The molecule has 5 nitrogen and oxygen atoms in total. The molecule has 0 bridgehead atoms. The number of hydrogen-bond donors (Lipinski definition) is 1. The van der Waals surface area contributed by atoms with Crippen LogP contribution in [0.15, 0.2) is 35.7 Å². The van der Waals surface area contributed by atoms with Crippen molar-refractivity contribution >= 4 is 34.9 Å². The van der Waals surface area contributed by atoms with Crippen molar-refractivity contribution in [1.29, 1.82) is 0 Å². The average molecular weight is 446 g/mol. The van der Waals surface area contributed by atoms with Gasteiger partial charge >= 0.3 is 6.03 Å². The van der Waals surface area contributed by atoms with Crippen molar-refractivity contribution in [3.8, 4) is 0 Å². The van der Waals surface area contributed by atoms with E-state index in [1.54, 1.807) is 16.2 Å². The zero-order valence-electron chi connectivity index (χ0n) is 17.7. The lowest BCUT2D eigenvalue weighted by Crippen LogP contribution is -2.53. The number of urea groups is 1. The number of nitrogens with one attached hydrogen (secondary N) is 1. The van der Waals surface area contributed by atoms with Gasteiger partial charge in [0.25, 0.3) is 0 Å². The third-order valence-electron chi connectivity index (χ3n) is 5.51. The lowest BCUT2D eigenvalue weighted by molar-refractivity contribution is -0.134. The van der Waals surface area contributed by atoms with E-state index in [9.17, 15) is 9.59 Å². The summed E-state index contributed by atoms with van der Waals surface area (Å²) in [6.07, 6.45) is 2.76. The van der Waals surface area contributed by atoms with E-state index in [-0.39, 0.29) is 36.1 Å². The average Bonchev–Trinajstić information content (AvgIpc) is 3.40. The molecule has 7 heteroatoms. The van der Waals surface area contributed by atoms with Crippen LogP contribution in [0.5, 0.6) is 0 Å². The first-order valence-corrected chi connectivity index (χ1v) is 11.7. The SMILES string of the molecule is CC(C)(C)NC(=O)N(CC(=O)N1CCc2sccc2C1c1ccc(Cl)cc1)C1CC1. The first-order chi connectivity index (χ1) is 14.2. The van der Waals surface area contributed by atoms with Crippen LogP contribution in [0.3, 0.4) is 0 Å². The number of thiophene rings is 1. The molecule has 1 fully saturated rings. The topological polar surface area (TPSA) is 52.7 Å². The van der Waals surface area contributed by atoms with Gasteiger partial charge in [-0.2, -0.15) is 0 Å². The molecule has 1 aliphatic carbocycles. The van der Waals surface area contributed by atoms with Gasteiger partial charge in [-0.3, -0.25) is 4.79 Å². The quantitative estimate of drug-likeness (QED) is 0.731. The number of carbonyl (C=O) groups is 2. The molecule has 1 aromatic carbocycles. The molecule has 2 aromatic rings. The Balaban J connectivity index is 1.58. The van der Waals surface area contributed by atoms with E-state index in [1.165, 1.54) is 10.4 Å². The minimum Gasteiger partial charge on any atom is -0.333 e. The highest BCUT2D eigenvalue weighted by Gasteiger charge is 2.38. The summed E-state index contributed by atoms with van der Waals surface area (Å²) >= 11 is 7.84. The summed E-state index contributed by atoms with van der Waals surface area (Å²) in [5.41, 5.74) is 1.89. The summed E-state index contributed by atoms with van der Waals surface area (Å²) in [6.45, 7) is 6.63. The van der Waals surface area contributed by atoms with E-state index >= 15 is 0 Å². The number of benzene rings is 1. The fourth-order valence-corrected chi connectivity index (χ4v) is 5.00. The van der Waals surface area contributed by atoms with Gasteiger partial charge in [-0.05, 0) is 74.7 Å². The predicted molar refractivity (Wildman–Crippen MR) is 121 cm³/mol. The first-order valence-electron chi connectivity index (χ1n) is 10.4. The van der Waals surface area contributed by atoms with Crippen LogP contribution in [0.1, 0.15) is 55.7 Å². The minimum atomic E-state index is -0.337. The standard InChI is InChI=1S/C23H28ClN3O2S/c1-23(2,3)25-22(29)27(17-8-9-17)14-20(28)26-12-10-19-18(11-13-30-19)21(26)15-4-6-16(24)7-5-15/h4-7,11,13,17,21H,8-10,12,14H2,1-3H3,(H,25,29). The lowest BCUT2D eigenvalue weighted by Gasteiger charge is -2.38. The molecule has 4 rings (SSSR count). The van der Waals surface area contributed by atoms with Crippen molar-refractivity contribution in [2.75, 3.05) is 13.1 Å². The largest absolute Gasteiger partial charge is 0.333 e. The molecular weight excluding hydrogens is 418 g/mol. The second-order valence-electron chi connectivity index (χ2n) is 9.13. The molecule has 0 saturated heterocycles. The maximum absolute atomic E-state index is 13.5. The summed E-state index contributed by atoms with van der Waals surface area (Å²) in [5, 5.41) is 5.78. The molecule has 1 N–H and O–H groups in total. The van der Waals surface area contributed by atoms with Gasteiger partial charge in [0.2, 0.25) is 5.91 Å². The summed E-state index contributed by atoms with van der Waals surface area (Å²) in [4.78, 5) is 31.3. The molecule has 1 aromatic heterocycles. The first kappa shape index (κ1) is 21.2. The number of carbonyl (C=O) groups excluding carboxylic acids is 2. The molecule has 3 amide bonds. The van der Waals surface area contributed by atoms with E-state index < -0.39 is 0 Å². The third kappa shape index (κ3) is 4.65. The Morgan fingerprint density at radius 2 is 1.90 bits per heavy atom. The maximum Gasteiger partial charge on any atom is 0.318 e. The van der Waals surface area contributed by atoms with Crippen LogP contribution >= 0.6 is 22.9 Å². The van der Waals surface area contributed by atoms with Gasteiger partial charge in [-0.15, -0.1) is 11.3 Å². The Hall–Kier alpha value is -2.05. The molecule has 2 aliphatic rings. The van der Waals surface area contributed by atoms with Crippen molar-refractivity contribution in [3.05, 3.63) is 56.7 Å². The Morgan fingerprint density at radius 1 is 1.20 bits per heavy atom. The van der Waals surface area contributed by atoms with Crippen LogP contribution in [0, 0.1) is 0 Å². The molecule has 0 radical (unpaired) electrons. The van der Waals surface area contributed by atoms with E-state index in [4.69, 9.17) is 11.6 Å². The number of fused-ring (bicyclic) bond motifs is 1. The number of nitrogens with zero attached hydrogens (tertiary/aromatic N) is 2. The van der Waals surface area contributed by atoms with Crippen LogP contribution in [-0.2, 0) is 11.2 Å². The van der Waals surface area contributed by atoms with E-state index in [1.807, 2.05) is 49.9 Å². The fraction of sp³-hybridized carbons (Fsp3) is 0.478. The smallest absolute Gasteiger partial charge is 0.318 e. The van der Waals surface area contributed by atoms with Crippen LogP contribution in [0.25, 0.3) is 0 Å². The Labute approximate surface area is 187 Å². The van der Waals surface area contributed by atoms with Crippen molar-refractivity contribution in [2.45, 2.75) is 57.7 Å². The third-order valence-corrected chi connectivity index (χ3v) is 6.76. The molecular formula is C23H28ClN3O2S. The Morgan fingerprint density at radius 3 is 2.53 bits per heavy atom. The highest BCUT2D eigenvalue weighted by Crippen LogP contribution is 2.38. The summed E-state index contributed by atoms with van der Waals surface area (Å²) in [5.74, 6) is -0.0113. The number of amides is 3. The molecule has 0 spiro atoms. The zero-order valence-corrected chi connectivity index (χ0v) is 19.2. The summed E-state index contributed by atoms with van der Waals surface area (Å²) < 4.78 is 0. The van der Waals surface area contributed by atoms with E-state index in [0.29, 0.717) is 11.6 Å².